The number of nitrogens with one attached hydrogen (secondary N) is 1. The predicted molar refractivity (Wildman–Crippen MR) is 25.0 cm³/mol. The smallest absolute Gasteiger partial charge is 0.305 e. The fraction of sp³-hybridized carbons (Fsp3) is 0.333. The van der Waals surface area contributed by atoms with Crippen LogP contribution in [-0.2, 0) is 6.54 Å². The summed E-state index contributed by atoms with van der Waals surface area (Å²) >= 11 is 0. The molecule has 0 atom stereocenters. The molecule has 3 N–H and O–H groups in total. The van der Waals surface area contributed by atoms with Crippen molar-refractivity contribution in [2.75, 3.05) is 0 Å². The molecule has 0 aliphatic rings. The third kappa shape index (κ3) is 0.627. The van der Waals surface area contributed by atoms with Crippen LogP contribution in [0.15, 0.2) is 9.42 Å². The molecule has 0 unspecified atom stereocenters. The fourth-order valence-electron chi connectivity index (χ4n) is 0.350. The Morgan fingerprint density at radius 1 is 1.88 bits per heavy atom. The largest absolute Gasteiger partial charge is 0.325 e. The van der Waals surface area contributed by atoms with Gasteiger partial charge in [0.1, 0.15) is 0 Å². The van der Waals surface area contributed by atoms with Gasteiger partial charge in [-0.3, -0.25) is 9.42 Å². The van der Waals surface area contributed by atoms with Crippen molar-refractivity contribution in [2.45, 2.75) is 6.54 Å². The minimum absolute atomic E-state index is 0.117. The second kappa shape index (κ2) is 1.79. The lowest BCUT2D eigenvalue weighted by atomic mass is 10.5. The highest BCUT2D eigenvalue weighted by atomic mass is 16.6. The van der Waals surface area contributed by atoms with Crippen molar-refractivity contribution in [1.29, 1.82) is 0 Å². The average Bonchev–Trinajstić information content (AvgIpc) is 2.14. The van der Waals surface area contributed by atoms with Gasteiger partial charge in [0.25, 0.3) is 0 Å². The summed E-state index contributed by atoms with van der Waals surface area (Å²) in [6.45, 7) is 0.117. The van der Waals surface area contributed by atoms with Gasteiger partial charge in [-0.05, 0) is 0 Å². The zero-order valence-electron chi connectivity index (χ0n) is 4.05. The molecule has 0 amide bonds. The summed E-state index contributed by atoms with van der Waals surface area (Å²) in [5.74, 6) is 0. The minimum atomic E-state index is -0.354. The number of H-pyrrole nitrogens is 1. The lowest BCUT2D eigenvalue weighted by Gasteiger charge is -1.73. The van der Waals surface area contributed by atoms with Crippen molar-refractivity contribution in [3.8, 4) is 0 Å². The normalized spacial score (nSPS) is 9.62. The highest BCUT2D eigenvalue weighted by Crippen LogP contribution is 1.75. The Kier molecular flexibility index (Phi) is 1.13. The molecule has 0 aromatic carbocycles. The lowest BCUT2D eigenvalue weighted by molar-refractivity contribution is 0.300. The molecule has 1 aromatic heterocycles. The van der Waals surface area contributed by atoms with E-state index in [4.69, 9.17) is 5.73 Å². The first-order valence-corrected chi connectivity index (χ1v) is 2.08. The van der Waals surface area contributed by atoms with Crippen LogP contribution in [0, 0.1) is 0 Å². The molecule has 1 aromatic rings. The molecule has 0 aliphatic heterocycles. The monoisotopic (exact) mass is 115 g/mol. The van der Waals surface area contributed by atoms with Gasteiger partial charge in [-0.15, -0.1) is 0 Å². The van der Waals surface area contributed by atoms with E-state index in [2.05, 4.69) is 9.79 Å². The van der Waals surface area contributed by atoms with E-state index in [9.17, 15) is 4.79 Å². The summed E-state index contributed by atoms with van der Waals surface area (Å²) in [7, 11) is 0. The summed E-state index contributed by atoms with van der Waals surface area (Å²) in [5, 5.41) is 5.26. The minimum Gasteiger partial charge on any atom is -0.325 e. The van der Waals surface area contributed by atoms with Crippen molar-refractivity contribution in [2.24, 2.45) is 5.73 Å². The van der Waals surface area contributed by atoms with Crippen molar-refractivity contribution < 1.29 is 4.63 Å². The standard InChI is InChI=1S/C3H5N3O2/c4-1-2-3(7)6-8-5-2/h1,4H2,(H,6,7). The van der Waals surface area contributed by atoms with Gasteiger partial charge in [0.05, 0.1) is 0 Å². The summed E-state index contributed by atoms with van der Waals surface area (Å²) in [6.07, 6.45) is 0. The Balaban J connectivity index is 3.11. The van der Waals surface area contributed by atoms with Gasteiger partial charge < -0.3 is 5.73 Å². The number of nitrogens with zero attached hydrogens (tertiary/aromatic N) is 1. The zero-order chi connectivity index (χ0) is 5.98. The SMILES string of the molecule is NCc1no[nH]c1=O. The van der Waals surface area contributed by atoms with Crippen molar-refractivity contribution in [3.63, 3.8) is 0 Å². The second-order valence-electron chi connectivity index (χ2n) is 1.26. The number of rotatable bonds is 1. The number of aromatic amines is 1. The Morgan fingerprint density at radius 3 is 2.88 bits per heavy atom. The van der Waals surface area contributed by atoms with Gasteiger partial charge in [-0.1, -0.05) is 5.16 Å². The third-order valence-corrected chi connectivity index (χ3v) is 0.750. The molecule has 1 rings (SSSR count). The van der Waals surface area contributed by atoms with E-state index in [-0.39, 0.29) is 17.8 Å². The summed E-state index contributed by atoms with van der Waals surface area (Å²) in [4.78, 5) is 10.4. The molecule has 0 radical (unpaired) electrons. The third-order valence-electron chi connectivity index (χ3n) is 0.750. The molecule has 0 saturated heterocycles. The zero-order valence-corrected chi connectivity index (χ0v) is 4.05. The Morgan fingerprint density at radius 2 is 2.62 bits per heavy atom. The molecule has 5 nitrogen and oxygen atoms in total. The molecule has 0 fully saturated rings. The van der Waals surface area contributed by atoms with Crippen LogP contribution in [0.2, 0.25) is 0 Å². The fourth-order valence-corrected chi connectivity index (χ4v) is 0.350. The van der Waals surface area contributed by atoms with Crippen molar-refractivity contribution in [1.82, 2.24) is 10.3 Å². The van der Waals surface area contributed by atoms with Crippen LogP contribution in [0.25, 0.3) is 0 Å². The van der Waals surface area contributed by atoms with Crippen LogP contribution >= 0.6 is 0 Å². The van der Waals surface area contributed by atoms with Gasteiger partial charge >= 0.3 is 5.56 Å². The number of hydrogen-bond donors (Lipinski definition) is 2. The van der Waals surface area contributed by atoms with Crippen LogP contribution in [0.4, 0.5) is 0 Å². The Labute approximate surface area is 44.4 Å². The first-order valence-electron chi connectivity index (χ1n) is 2.08. The average molecular weight is 115 g/mol. The Hall–Kier alpha value is -1.10. The van der Waals surface area contributed by atoms with Crippen LogP contribution in [-0.4, -0.2) is 10.3 Å². The molecular formula is C3H5N3O2. The van der Waals surface area contributed by atoms with E-state index >= 15 is 0 Å². The highest BCUT2D eigenvalue weighted by Gasteiger charge is 1.97. The second-order valence-corrected chi connectivity index (χ2v) is 1.26. The van der Waals surface area contributed by atoms with E-state index in [1.165, 1.54) is 0 Å². The maximum Gasteiger partial charge on any atom is 0.305 e. The van der Waals surface area contributed by atoms with E-state index in [0.29, 0.717) is 0 Å². The van der Waals surface area contributed by atoms with Crippen LogP contribution in [0.5, 0.6) is 0 Å². The predicted octanol–water partition coefficient (Wildman–Crippen LogP) is -1.18. The van der Waals surface area contributed by atoms with Crippen LogP contribution in [0.3, 0.4) is 0 Å². The molecule has 44 valence electrons. The van der Waals surface area contributed by atoms with Crippen LogP contribution in [0.1, 0.15) is 5.69 Å². The lowest BCUT2D eigenvalue weighted by Crippen LogP contribution is -2.10. The van der Waals surface area contributed by atoms with Gasteiger partial charge in [-0.2, -0.15) is 5.16 Å². The molecule has 0 aliphatic carbocycles. The molecule has 0 spiro atoms. The molecular weight excluding hydrogens is 110 g/mol. The summed E-state index contributed by atoms with van der Waals surface area (Å²) < 4.78 is 4.17. The van der Waals surface area contributed by atoms with E-state index in [1.807, 2.05) is 5.16 Å². The number of hydrogen-bond acceptors (Lipinski definition) is 4. The topological polar surface area (TPSA) is 84.9 Å². The molecule has 5 heteroatoms. The molecule has 0 bridgehead atoms. The molecule has 0 saturated carbocycles. The van der Waals surface area contributed by atoms with Gasteiger partial charge in [0.15, 0.2) is 5.69 Å². The van der Waals surface area contributed by atoms with Crippen molar-refractivity contribution in [3.05, 3.63) is 16.0 Å². The van der Waals surface area contributed by atoms with E-state index < -0.39 is 0 Å². The highest BCUT2D eigenvalue weighted by molar-refractivity contribution is 4.87. The van der Waals surface area contributed by atoms with Crippen molar-refractivity contribution >= 4 is 0 Å². The number of aromatic nitrogens is 2. The Bertz CT molecular complexity index is 212. The summed E-state index contributed by atoms with van der Waals surface area (Å²) in [6, 6.07) is 0. The van der Waals surface area contributed by atoms with Gasteiger partial charge in [-0.25, -0.2) is 0 Å². The maximum absolute atomic E-state index is 10.4. The first-order chi connectivity index (χ1) is 3.84. The summed E-state index contributed by atoms with van der Waals surface area (Å²) in [5.41, 5.74) is 4.93. The first kappa shape index (κ1) is 5.04. The van der Waals surface area contributed by atoms with Crippen LogP contribution < -0.4 is 11.3 Å². The number of nitrogens with two attached hydrogens (primary N) is 1. The quantitative estimate of drug-likeness (QED) is 0.482. The maximum atomic E-state index is 10.4. The van der Waals surface area contributed by atoms with Gasteiger partial charge in [0, 0.05) is 6.54 Å². The molecule has 1 heterocycles. The van der Waals surface area contributed by atoms with Gasteiger partial charge in [0.2, 0.25) is 0 Å². The molecule has 8 heavy (non-hydrogen) atoms. The van der Waals surface area contributed by atoms with E-state index in [1.54, 1.807) is 0 Å². The van der Waals surface area contributed by atoms with E-state index in [0.717, 1.165) is 0 Å².